The molecule has 112 valence electrons. The molecular weight excluding hydrogens is 272 g/mol. The van der Waals surface area contributed by atoms with Crippen molar-refractivity contribution < 1.29 is 10.0 Å². The van der Waals surface area contributed by atoms with E-state index in [1.807, 2.05) is 13.2 Å². The van der Waals surface area contributed by atoms with Gasteiger partial charge in [0.15, 0.2) is 0 Å². The highest BCUT2D eigenvalue weighted by atomic mass is 16.6. The Kier molecular flexibility index (Phi) is 4.66. The fourth-order valence-electron chi connectivity index (χ4n) is 2.07. The van der Waals surface area contributed by atoms with Crippen LogP contribution in [0, 0.1) is 10.1 Å². The molecule has 0 amide bonds. The Bertz CT molecular complexity index is 620. The van der Waals surface area contributed by atoms with Crippen molar-refractivity contribution in [2.45, 2.75) is 19.6 Å². The lowest BCUT2D eigenvalue weighted by Crippen LogP contribution is -2.23. The van der Waals surface area contributed by atoms with E-state index in [0.717, 1.165) is 16.8 Å². The van der Waals surface area contributed by atoms with Gasteiger partial charge in [-0.2, -0.15) is 5.10 Å². The highest BCUT2D eigenvalue weighted by Gasteiger charge is 2.12. The van der Waals surface area contributed by atoms with Crippen LogP contribution in [0.5, 0.6) is 0 Å². The van der Waals surface area contributed by atoms with Gasteiger partial charge in [-0.05, 0) is 19.1 Å². The topological polar surface area (TPSA) is 93.2 Å². The molecule has 0 saturated heterocycles. The van der Waals surface area contributed by atoms with Gasteiger partial charge < -0.3 is 10.4 Å². The van der Waals surface area contributed by atoms with Crippen LogP contribution in [0.3, 0.4) is 0 Å². The zero-order valence-corrected chi connectivity index (χ0v) is 12.0. The van der Waals surface area contributed by atoms with Crippen molar-refractivity contribution in [3.05, 3.63) is 46.1 Å². The minimum absolute atomic E-state index is 0.0588. The molecule has 21 heavy (non-hydrogen) atoms. The number of nitro groups is 1. The van der Waals surface area contributed by atoms with Gasteiger partial charge in [0, 0.05) is 49.6 Å². The van der Waals surface area contributed by atoms with E-state index < -0.39 is 11.0 Å². The predicted molar refractivity (Wildman–Crippen MR) is 78.7 cm³/mol. The van der Waals surface area contributed by atoms with Gasteiger partial charge in [0.1, 0.15) is 0 Å². The number of hydrogen-bond acceptors (Lipinski definition) is 5. The van der Waals surface area contributed by atoms with E-state index >= 15 is 0 Å². The largest absolute Gasteiger partial charge is 0.392 e. The number of nitrogens with one attached hydrogen (secondary N) is 1. The molecule has 0 fully saturated rings. The summed E-state index contributed by atoms with van der Waals surface area (Å²) in [7, 11) is 1.83. The Morgan fingerprint density at radius 3 is 2.67 bits per heavy atom. The first-order chi connectivity index (χ1) is 9.97. The molecule has 0 bridgehead atoms. The molecule has 1 atom stereocenters. The molecule has 7 heteroatoms. The van der Waals surface area contributed by atoms with E-state index in [9.17, 15) is 15.2 Å². The van der Waals surface area contributed by atoms with Crippen molar-refractivity contribution in [3.63, 3.8) is 0 Å². The van der Waals surface area contributed by atoms with Crippen LogP contribution < -0.4 is 5.32 Å². The van der Waals surface area contributed by atoms with Gasteiger partial charge in [-0.25, -0.2) is 0 Å². The molecule has 0 spiro atoms. The molecule has 0 radical (unpaired) electrons. The Hall–Kier alpha value is -2.25. The second-order valence-corrected chi connectivity index (χ2v) is 4.96. The number of non-ortho nitro benzene ring substituents is 1. The van der Waals surface area contributed by atoms with E-state index in [-0.39, 0.29) is 5.69 Å². The Labute approximate surface area is 122 Å². The van der Waals surface area contributed by atoms with E-state index in [1.165, 1.54) is 12.1 Å². The summed E-state index contributed by atoms with van der Waals surface area (Å²) in [5.74, 6) is 0. The second-order valence-electron chi connectivity index (χ2n) is 4.96. The number of aliphatic hydroxyl groups excluding tert-OH is 1. The summed E-state index contributed by atoms with van der Waals surface area (Å²) < 4.78 is 1.70. The maximum Gasteiger partial charge on any atom is 0.269 e. The highest BCUT2D eigenvalue weighted by Crippen LogP contribution is 2.24. The zero-order chi connectivity index (χ0) is 15.4. The first kappa shape index (κ1) is 15.1. The molecule has 2 aromatic rings. The van der Waals surface area contributed by atoms with Crippen molar-refractivity contribution in [1.29, 1.82) is 0 Å². The Balaban J connectivity index is 2.20. The van der Waals surface area contributed by atoms with E-state index in [0.29, 0.717) is 13.1 Å². The zero-order valence-electron chi connectivity index (χ0n) is 12.0. The van der Waals surface area contributed by atoms with Gasteiger partial charge in [0.25, 0.3) is 5.69 Å². The third-order valence-electron chi connectivity index (χ3n) is 3.01. The monoisotopic (exact) mass is 290 g/mol. The van der Waals surface area contributed by atoms with Gasteiger partial charge in [0.2, 0.25) is 0 Å². The van der Waals surface area contributed by atoms with Crippen molar-refractivity contribution in [3.8, 4) is 11.3 Å². The number of hydrogen-bond donors (Lipinski definition) is 2. The van der Waals surface area contributed by atoms with Crippen molar-refractivity contribution in [2.75, 3.05) is 6.54 Å². The Morgan fingerprint density at radius 1 is 1.43 bits per heavy atom. The van der Waals surface area contributed by atoms with E-state index in [2.05, 4.69) is 10.4 Å². The van der Waals surface area contributed by atoms with Crippen LogP contribution in [0.2, 0.25) is 0 Å². The summed E-state index contributed by atoms with van der Waals surface area (Å²) in [5.41, 5.74) is 2.65. The standard InChI is InChI=1S/C14H18N4O3/c1-10(19)7-15-8-12-9-17(2)16-14(12)11-3-5-13(6-4-11)18(20)21/h3-6,9-10,15,19H,7-8H2,1-2H3. The quantitative estimate of drug-likeness (QED) is 0.620. The fraction of sp³-hybridized carbons (Fsp3) is 0.357. The molecule has 7 nitrogen and oxygen atoms in total. The van der Waals surface area contributed by atoms with Gasteiger partial charge in [0.05, 0.1) is 16.7 Å². The molecule has 1 heterocycles. The molecule has 1 aromatic heterocycles. The molecule has 1 unspecified atom stereocenters. The van der Waals surface area contributed by atoms with Crippen LogP contribution in [-0.4, -0.2) is 32.5 Å². The maximum atomic E-state index is 10.7. The third kappa shape index (κ3) is 3.87. The molecule has 0 saturated carbocycles. The maximum absolute atomic E-state index is 10.7. The van der Waals surface area contributed by atoms with Crippen molar-refractivity contribution in [1.82, 2.24) is 15.1 Å². The number of aliphatic hydroxyl groups is 1. The average molecular weight is 290 g/mol. The molecule has 0 aliphatic rings. The average Bonchev–Trinajstić information content (AvgIpc) is 2.79. The van der Waals surface area contributed by atoms with Crippen LogP contribution >= 0.6 is 0 Å². The number of nitro benzene ring substituents is 1. The van der Waals surface area contributed by atoms with Gasteiger partial charge in [-0.15, -0.1) is 0 Å². The van der Waals surface area contributed by atoms with Gasteiger partial charge in [-0.3, -0.25) is 14.8 Å². The molecule has 2 rings (SSSR count). The molecule has 0 aliphatic heterocycles. The lowest BCUT2D eigenvalue weighted by molar-refractivity contribution is -0.384. The van der Waals surface area contributed by atoms with Crippen molar-refractivity contribution in [2.24, 2.45) is 7.05 Å². The third-order valence-corrected chi connectivity index (χ3v) is 3.01. The number of aromatic nitrogens is 2. The number of benzene rings is 1. The number of nitrogens with zero attached hydrogens (tertiary/aromatic N) is 3. The SMILES string of the molecule is CC(O)CNCc1cn(C)nc1-c1ccc([N+](=O)[O-])cc1. The summed E-state index contributed by atoms with van der Waals surface area (Å²) in [6, 6.07) is 6.32. The first-order valence-corrected chi connectivity index (χ1v) is 6.63. The van der Waals surface area contributed by atoms with Crippen LogP contribution in [-0.2, 0) is 13.6 Å². The highest BCUT2D eigenvalue weighted by molar-refractivity contribution is 5.64. The number of aryl methyl sites for hydroxylation is 1. The summed E-state index contributed by atoms with van der Waals surface area (Å²) in [6.07, 6.45) is 1.48. The van der Waals surface area contributed by atoms with Crippen molar-refractivity contribution >= 4 is 5.69 Å². The van der Waals surface area contributed by atoms with Crippen LogP contribution in [0.1, 0.15) is 12.5 Å². The normalized spacial score (nSPS) is 12.3. The second kappa shape index (κ2) is 6.47. The smallest absolute Gasteiger partial charge is 0.269 e. The lowest BCUT2D eigenvalue weighted by atomic mass is 10.1. The summed E-state index contributed by atoms with van der Waals surface area (Å²) in [4.78, 5) is 10.3. The fourth-order valence-corrected chi connectivity index (χ4v) is 2.07. The summed E-state index contributed by atoms with van der Waals surface area (Å²) in [6.45, 7) is 2.78. The van der Waals surface area contributed by atoms with Crippen LogP contribution in [0.4, 0.5) is 5.69 Å². The molecule has 1 aromatic carbocycles. The van der Waals surface area contributed by atoms with Crippen LogP contribution in [0.15, 0.2) is 30.5 Å². The minimum atomic E-state index is -0.423. The molecule has 0 aliphatic carbocycles. The van der Waals surface area contributed by atoms with E-state index in [4.69, 9.17) is 0 Å². The Morgan fingerprint density at radius 2 is 2.10 bits per heavy atom. The van der Waals surface area contributed by atoms with Gasteiger partial charge in [-0.1, -0.05) is 0 Å². The van der Waals surface area contributed by atoms with E-state index in [1.54, 1.807) is 23.7 Å². The first-order valence-electron chi connectivity index (χ1n) is 6.63. The summed E-state index contributed by atoms with van der Waals surface area (Å²) >= 11 is 0. The molecule has 2 N–H and O–H groups in total. The predicted octanol–water partition coefficient (Wildman–Crippen LogP) is 1.47. The minimum Gasteiger partial charge on any atom is -0.392 e. The van der Waals surface area contributed by atoms with Gasteiger partial charge >= 0.3 is 0 Å². The number of rotatable bonds is 6. The summed E-state index contributed by atoms with van der Waals surface area (Å²) in [5, 5.41) is 27.5. The molecular formula is C14H18N4O3. The van der Waals surface area contributed by atoms with Crippen LogP contribution in [0.25, 0.3) is 11.3 Å². The lowest BCUT2D eigenvalue weighted by Gasteiger charge is -2.07.